The smallest absolute Gasteiger partial charge is 0.118 e. The molecule has 6 heteroatoms. The van der Waals surface area contributed by atoms with Gasteiger partial charge in [0, 0.05) is 13.1 Å². The first-order chi connectivity index (χ1) is 16.7. The maximum Gasteiger partial charge on any atom is 0.118 e. The number of unbranched alkanes of at least 4 members (excludes halogenated alkanes) is 19. The molecule has 220 valence electrons. The lowest BCUT2D eigenvalue weighted by molar-refractivity contribution is -1.04. The Kier molecular flexibility index (Phi) is 29.6. The summed E-state index contributed by atoms with van der Waals surface area (Å²) in [5, 5.41) is 6.00. The fourth-order valence-corrected chi connectivity index (χ4v) is 5.93. The Labute approximate surface area is 248 Å². The number of rotatable bonds is 24. The Morgan fingerprint density at radius 1 is 0.639 bits per heavy atom. The fourth-order valence-electron chi connectivity index (χ4n) is 5.93. The number of hydrogen-bond donors (Lipinski definition) is 2. The lowest BCUT2D eigenvalue weighted by Crippen LogP contribution is -3.00. The lowest BCUT2D eigenvalue weighted by Gasteiger charge is -2.49. The van der Waals surface area contributed by atoms with Gasteiger partial charge in [0.05, 0.1) is 26.2 Å². The van der Waals surface area contributed by atoms with Crippen molar-refractivity contribution >= 4 is 17.0 Å². The van der Waals surface area contributed by atoms with Crippen LogP contribution in [0, 0.1) is 0 Å². The highest BCUT2D eigenvalue weighted by Gasteiger charge is 2.37. The third-order valence-electron chi connectivity index (χ3n) is 8.40. The number of nitrogens with one attached hydrogen (secondary N) is 1. The molecule has 0 radical (unpaired) electrons. The highest BCUT2D eigenvalue weighted by Crippen LogP contribution is 2.19. The maximum atomic E-state index is 6.44. The molecule has 0 saturated carbocycles. The van der Waals surface area contributed by atoms with Crippen LogP contribution in [0.15, 0.2) is 0 Å². The van der Waals surface area contributed by atoms with E-state index in [1.165, 1.54) is 148 Å². The molecule has 1 fully saturated rings. The van der Waals surface area contributed by atoms with Gasteiger partial charge in [-0.2, -0.15) is 0 Å². The molecular formula is C30H66Br2N4. The molecule has 0 amide bonds. The Morgan fingerprint density at radius 3 is 1.33 bits per heavy atom. The quantitative estimate of drug-likeness (QED) is 0.110. The van der Waals surface area contributed by atoms with Crippen molar-refractivity contribution in [2.24, 2.45) is 5.73 Å². The molecule has 0 aromatic rings. The molecule has 0 aliphatic carbocycles. The number of halogens is 2. The summed E-state index contributed by atoms with van der Waals surface area (Å²) in [5.74, 6) is 0. The van der Waals surface area contributed by atoms with E-state index in [0.29, 0.717) is 0 Å². The highest BCUT2D eigenvalue weighted by atomic mass is 79.9. The van der Waals surface area contributed by atoms with Crippen LogP contribution in [-0.2, 0) is 0 Å². The first-order valence-electron chi connectivity index (χ1n) is 15.8. The second-order valence-corrected chi connectivity index (χ2v) is 11.1. The van der Waals surface area contributed by atoms with E-state index in [9.17, 15) is 0 Å². The van der Waals surface area contributed by atoms with Crippen molar-refractivity contribution in [2.45, 2.75) is 155 Å². The standard InChI is InChI=1S/C30H65N4.2BrH/c1-4-7-8-9-10-11-12-13-14-15-16-17-18-19-20-21-22-23-24-25-28-34(5-2,6-3)33-27-26-32-29-30(33)31;;/h30,32H,4-29,31H2,1-3H3;2*1H/q+1;;/p-1. The minimum atomic E-state index is 0. The SMILES string of the molecule is Br.CCCCCCCCCCCCCCCCCCCCCC[N+](CC)(CC)N1CCNCC1N.[Br-]. The maximum absolute atomic E-state index is 6.44. The molecule has 1 rings (SSSR count). The zero-order valence-corrected chi connectivity index (χ0v) is 28.0. The first kappa shape index (κ1) is 38.9. The van der Waals surface area contributed by atoms with Crippen LogP contribution in [-0.4, -0.2) is 55.0 Å². The van der Waals surface area contributed by atoms with Crippen molar-refractivity contribution in [1.82, 2.24) is 10.3 Å². The Bertz CT molecular complexity index is 435. The molecule has 1 atom stereocenters. The zero-order valence-electron chi connectivity index (χ0n) is 24.7. The van der Waals surface area contributed by atoms with Gasteiger partial charge >= 0.3 is 0 Å². The fraction of sp³-hybridized carbons (Fsp3) is 1.00. The predicted molar refractivity (Wildman–Crippen MR) is 162 cm³/mol. The first-order valence-corrected chi connectivity index (χ1v) is 15.8. The molecule has 1 saturated heterocycles. The van der Waals surface area contributed by atoms with Crippen LogP contribution in [0.5, 0.6) is 0 Å². The van der Waals surface area contributed by atoms with Gasteiger partial charge in [-0.15, -0.1) is 22.0 Å². The summed E-state index contributed by atoms with van der Waals surface area (Å²) >= 11 is 0. The summed E-state index contributed by atoms with van der Waals surface area (Å²) < 4.78 is 1.09. The van der Waals surface area contributed by atoms with E-state index in [1.54, 1.807) is 0 Å². The molecule has 1 unspecified atom stereocenters. The van der Waals surface area contributed by atoms with Gasteiger partial charge in [0.25, 0.3) is 0 Å². The van der Waals surface area contributed by atoms with Crippen molar-refractivity contribution in [1.29, 1.82) is 0 Å². The van der Waals surface area contributed by atoms with Crippen LogP contribution in [0.25, 0.3) is 0 Å². The summed E-state index contributed by atoms with van der Waals surface area (Å²) in [4.78, 5) is 0. The monoisotopic (exact) mass is 640 g/mol. The molecule has 3 N–H and O–H groups in total. The van der Waals surface area contributed by atoms with Crippen molar-refractivity contribution in [3.05, 3.63) is 0 Å². The number of hydrogen-bond acceptors (Lipinski definition) is 3. The highest BCUT2D eigenvalue weighted by molar-refractivity contribution is 8.93. The normalized spacial score (nSPS) is 16.5. The van der Waals surface area contributed by atoms with E-state index in [2.05, 4.69) is 31.1 Å². The van der Waals surface area contributed by atoms with Crippen LogP contribution in [0.4, 0.5) is 0 Å². The topological polar surface area (TPSA) is 41.3 Å². The third-order valence-corrected chi connectivity index (χ3v) is 8.40. The van der Waals surface area contributed by atoms with Crippen molar-refractivity contribution in [3.8, 4) is 0 Å². The Balaban J connectivity index is 0. The van der Waals surface area contributed by atoms with Crippen LogP contribution in [0.3, 0.4) is 0 Å². The van der Waals surface area contributed by atoms with Crippen molar-refractivity contribution in [3.63, 3.8) is 0 Å². The summed E-state index contributed by atoms with van der Waals surface area (Å²) in [5.41, 5.74) is 6.44. The molecule has 1 aliphatic heterocycles. The predicted octanol–water partition coefficient (Wildman–Crippen LogP) is 5.35. The van der Waals surface area contributed by atoms with Gasteiger partial charge in [-0.05, 0) is 26.7 Å². The molecule has 0 bridgehead atoms. The van der Waals surface area contributed by atoms with E-state index in [1.807, 2.05) is 0 Å². The second kappa shape index (κ2) is 27.4. The van der Waals surface area contributed by atoms with Gasteiger partial charge in [0.15, 0.2) is 0 Å². The molecule has 1 aliphatic rings. The number of piperazine rings is 1. The van der Waals surface area contributed by atoms with E-state index >= 15 is 0 Å². The second-order valence-electron chi connectivity index (χ2n) is 11.1. The number of nitrogens with two attached hydrogens (primary N) is 1. The Morgan fingerprint density at radius 2 is 1.00 bits per heavy atom. The molecule has 0 aromatic heterocycles. The number of nitrogens with zero attached hydrogens (tertiary/aromatic N) is 2. The van der Waals surface area contributed by atoms with Gasteiger partial charge in [0.1, 0.15) is 6.17 Å². The minimum Gasteiger partial charge on any atom is -1.00 e. The van der Waals surface area contributed by atoms with Gasteiger partial charge < -0.3 is 28.0 Å². The lowest BCUT2D eigenvalue weighted by atomic mass is 10.0. The Hall–Kier alpha value is 0.800. The van der Waals surface area contributed by atoms with Crippen LogP contribution in [0.1, 0.15) is 149 Å². The van der Waals surface area contributed by atoms with E-state index in [4.69, 9.17) is 5.73 Å². The summed E-state index contributed by atoms with van der Waals surface area (Å²) in [7, 11) is 0. The molecule has 1 heterocycles. The average molecular weight is 643 g/mol. The minimum absolute atomic E-state index is 0. The average Bonchev–Trinajstić information content (AvgIpc) is 2.86. The van der Waals surface area contributed by atoms with E-state index in [-0.39, 0.29) is 40.1 Å². The van der Waals surface area contributed by atoms with Crippen LogP contribution < -0.4 is 28.0 Å². The molecule has 0 aromatic carbocycles. The molecule has 36 heavy (non-hydrogen) atoms. The van der Waals surface area contributed by atoms with E-state index in [0.717, 1.165) is 24.2 Å². The molecular weight excluding hydrogens is 576 g/mol. The van der Waals surface area contributed by atoms with Crippen molar-refractivity contribution in [2.75, 3.05) is 39.3 Å². The summed E-state index contributed by atoms with van der Waals surface area (Å²) in [6, 6.07) is 0. The summed E-state index contributed by atoms with van der Waals surface area (Å²) in [6.07, 6.45) is 29.1. The van der Waals surface area contributed by atoms with Gasteiger partial charge in [-0.3, -0.25) is 0 Å². The molecule has 4 nitrogen and oxygen atoms in total. The largest absolute Gasteiger partial charge is 1.00 e. The molecule has 0 spiro atoms. The number of quaternary nitrogens is 1. The zero-order chi connectivity index (χ0) is 24.7. The summed E-state index contributed by atoms with van der Waals surface area (Å²) in [6.45, 7) is 13.7. The van der Waals surface area contributed by atoms with Gasteiger partial charge in [-0.1, -0.05) is 122 Å². The van der Waals surface area contributed by atoms with Crippen LogP contribution in [0.2, 0.25) is 0 Å². The van der Waals surface area contributed by atoms with Crippen LogP contribution >= 0.6 is 17.0 Å². The van der Waals surface area contributed by atoms with Crippen molar-refractivity contribution < 1.29 is 21.6 Å². The third kappa shape index (κ3) is 18.2. The van der Waals surface area contributed by atoms with Gasteiger partial charge in [0.2, 0.25) is 0 Å². The van der Waals surface area contributed by atoms with E-state index < -0.39 is 0 Å². The van der Waals surface area contributed by atoms with Gasteiger partial charge in [-0.25, -0.2) is 4.59 Å².